The van der Waals surface area contributed by atoms with Crippen LogP contribution in [-0.4, -0.2) is 32.2 Å². The van der Waals surface area contributed by atoms with Crippen molar-refractivity contribution in [2.24, 2.45) is 10.9 Å². The van der Waals surface area contributed by atoms with Crippen LogP contribution in [0.4, 0.5) is 0 Å². The van der Waals surface area contributed by atoms with Crippen molar-refractivity contribution in [1.29, 1.82) is 0 Å². The summed E-state index contributed by atoms with van der Waals surface area (Å²) in [5.41, 5.74) is 0. The minimum atomic E-state index is 0.576. The number of nitrogens with one attached hydrogen (secondary N) is 2. The Balaban J connectivity index is 2.18. The van der Waals surface area contributed by atoms with E-state index in [-0.39, 0.29) is 0 Å². The number of hydrogen-bond donors (Lipinski definition) is 2. The lowest BCUT2D eigenvalue weighted by atomic mass is 10.2. The van der Waals surface area contributed by atoms with Gasteiger partial charge < -0.3 is 15.4 Å². The number of aliphatic imine (C=N–C) groups is 1. The van der Waals surface area contributed by atoms with Gasteiger partial charge in [0.25, 0.3) is 0 Å². The summed E-state index contributed by atoms with van der Waals surface area (Å²) in [6.45, 7) is 9.70. The third kappa shape index (κ3) is 7.67. The van der Waals surface area contributed by atoms with Crippen LogP contribution in [0.1, 0.15) is 27.2 Å². The molecule has 0 atom stereocenters. The summed E-state index contributed by atoms with van der Waals surface area (Å²) < 4.78 is 5.65. The molecule has 0 aromatic heterocycles. The first kappa shape index (κ1) is 16.3. The number of nitrogens with zero attached hydrogens (tertiary/aromatic N) is 1. The normalized spacial score (nSPS) is 11.5. The first-order valence-electron chi connectivity index (χ1n) is 7.42. The van der Waals surface area contributed by atoms with Gasteiger partial charge in [0.05, 0.1) is 6.61 Å². The molecule has 1 rings (SSSR count). The van der Waals surface area contributed by atoms with Crippen LogP contribution in [-0.2, 0) is 0 Å². The van der Waals surface area contributed by atoms with Gasteiger partial charge in [-0.15, -0.1) is 0 Å². The van der Waals surface area contributed by atoms with E-state index in [1.165, 1.54) is 0 Å². The molecule has 0 aliphatic rings. The molecular weight excluding hydrogens is 250 g/mol. The molecule has 4 nitrogen and oxygen atoms in total. The van der Waals surface area contributed by atoms with Crippen LogP contribution in [0.15, 0.2) is 35.3 Å². The summed E-state index contributed by atoms with van der Waals surface area (Å²) in [5.74, 6) is 2.39. The minimum Gasteiger partial charge on any atom is -0.494 e. The molecule has 1 aromatic carbocycles. The number of ether oxygens (including phenoxy) is 1. The van der Waals surface area contributed by atoms with Crippen molar-refractivity contribution in [2.45, 2.75) is 27.2 Å². The molecular formula is C16H27N3O. The molecule has 0 fully saturated rings. The highest BCUT2D eigenvalue weighted by Gasteiger charge is 1.98. The molecule has 2 N–H and O–H groups in total. The molecule has 0 radical (unpaired) electrons. The predicted octanol–water partition coefficient (Wildman–Crippen LogP) is 2.67. The summed E-state index contributed by atoms with van der Waals surface area (Å²) >= 11 is 0. The molecule has 112 valence electrons. The highest BCUT2D eigenvalue weighted by atomic mass is 16.5. The Morgan fingerprint density at radius 1 is 1.20 bits per heavy atom. The van der Waals surface area contributed by atoms with Gasteiger partial charge >= 0.3 is 0 Å². The minimum absolute atomic E-state index is 0.576. The Hall–Kier alpha value is -1.71. The van der Waals surface area contributed by atoms with Crippen molar-refractivity contribution in [2.75, 3.05) is 26.2 Å². The number of guanidine groups is 1. The zero-order valence-electron chi connectivity index (χ0n) is 12.9. The second-order valence-corrected chi connectivity index (χ2v) is 5.06. The molecule has 0 amide bonds. The van der Waals surface area contributed by atoms with Crippen molar-refractivity contribution >= 4 is 5.96 Å². The van der Waals surface area contributed by atoms with Crippen LogP contribution in [0, 0.1) is 5.92 Å². The molecule has 0 heterocycles. The zero-order valence-corrected chi connectivity index (χ0v) is 12.9. The van der Waals surface area contributed by atoms with E-state index >= 15 is 0 Å². The molecule has 0 aliphatic carbocycles. The number of hydrogen-bond acceptors (Lipinski definition) is 2. The Kier molecular flexibility index (Phi) is 8.27. The predicted molar refractivity (Wildman–Crippen MR) is 85.4 cm³/mol. The number of para-hydroxylation sites is 1. The fourth-order valence-corrected chi connectivity index (χ4v) is 1.60. The van der Waals surface area contributed by atoms with E-state index in [2.05, 4.69) is 36.4 Å². The van der Waals surface area contributed by atoms with Gasteiger partial charge in [-0.2, -0.15) is 0 Å². The summed E-state index contributed by atoms with van der Waals surface area (Å²) in [7, 11) is 0. The fourth-order valence-electron chi connectivity index (χ4n) is 1.60. The van der Waals surface area contributed by atoms with Crippen molar-refractivity contribution in [3.8, 4) is 5.75 Å². The second-order valence-electron chi connectivity index (χ2n) is 5.06. The first-order valence-corrected chi connectivity index (χ1v) is 7.42. The van der Waals surface area contributed by atoms with E-state index in [4.69, 9.17) is 4.74 Å². The van der Waals surface area contributed by atoms with E-state index < -0.39 is 0 Å². The molecule has 20 heavy (non-hydrogen) atoms. The van der Waals surface area contributed by atoms with E-state index in [1.807, 2.05) is 30.3 Å². The Morgan fingerprint density at radius 2 is 1.95 bits per heavy atom. The average molecular weight is 277 g/mol. The van der Waals surface area contributed by atoms with Gasteiger partial charge in [-0.25, -0.2) is 0 Å². The maximum absolute atomic E-state index is 5.65. The van der Waals surface area contributed by atoms with Crippen LogP contribution in [0.3, 0.4) is 0 Å². The lowest BCUT2D eigenvalue weighted by Crippen LogP contribution is -2.38. The number of benzene rings is 1. The van der Waals surface area contributed by atoms with Gasteiger partial charge in [0.1, 0.15) is 5.75 Å². The van der Waals surface area contributed by atoms with Gasteiger partial charge in [-0.3, -0.25) is 4.99 Å². The second kappa shape index (κ2) is 10.1. The van der Waals surface area contributed by atoms with Crippen LogP contribution < -0.4 is 15.4 Å². The van der Waals surface area contributed by atoms with Crippen molar-refractivity contribution in [1.82, 2.24) is 10.6 Å². The van der Waals surface area contributed by atoms with Gasteiger partial charge in [0, 0.05) is 19.6 Å². The molecule has 0 aliphatic heterocycles. The highest BCUT2D eigenvalue weighted by Crippen LogP contribution is 2.07. The van der Waals surface area contributed by atoms with Crippen molar-refractivity contribution in [3.63, 3.8) is 0 Å². The van der Waals surface area contributed by atoms with E-state index in [0.717, 1.165) is 37.8 Å². The smallest absolute Gasteiger partial charge is 0.191 e. The van der Waals surface area contributed by atoms with Crippen molar-refractivity contribution < 1.29 is 4.74 Å². The lowest BCUT2D eigenvalue weighted by molar-refractivity contribution is 0.311. The van der Waals surface area contributed by atoms with Gasteiger partial charge in [0.2, 0.25) is 0 Å². The lowest BCUT2D eigenvalue weighted by Gasteiger charge is -2.12. The Bertz CT molecular complexity index is 377. The molecule has 0 bridgehead atoms. The standard InChI is InChI=1S/C16H27N3O/c1-4-17-16(19-13-14(2)3)18-11-8-12-20-15-9-6-5-7-10-15/h5-7,9-10,14H,4,8,11-13H2,1-3H3,(H2,17,18,19). The Labute approximate surface area is 122 Å². The maximum Gasteiger partial charge on any atom is 0.191 e. The maximum atomic E-state index is 5.65. The third-order valence-electron chi connectivity index (χ3n) is 2.58. The van der Waals surface area contributed by atoms with Crippen LogP contribution >= 0.6 is 0 Å². The summed E-state index contributed by atoms with van der Waals surface area (Å²) in [6, 6.07) is 9.90. The third-order valence-corrected chi connectivity index (χ3v) is 2.58. The summed E-state index contributed by atoms with van der Waals surface area (Å²) in [5, 5.41) is 6.57. The SMILES string of the molecule is CCNC(=NCC(C)C)NCCCOc1ccccc1. The fraction of sp³-hybridized carbons (Fsp3) is 0.562. The van der Waals surface area contributed by atoms with Crippen molar-refractivity contribution in [3.05, 3.63) is 30.3 Å². The summed E-state index contributed by atoms with van der Waals surface area (Å²) in [4.78, 5) is 4.52. The van der Waals surface area contributed by atoms with Crippen LogP contribution in [0.25, 0.3) is 0 Å². The van der Waals surface area contributed by atoms with Gasteiger partial charge in [-0.1, -0.05) is 32.0 Å². The monoisotopic (exact) mass is 277 g/mol. The molecule has 0 unspecified atom stereocenters. The molecule has 4 heteroatoms. The topological polar surface area (TPSA) is 45.7 Å². The molecule has 0 spiro atoms. The van der Waals surface area contributed by atoms with Crippen LogP contribution in [0.2, 0.25) is 0 Å². The Morgan fingerprint density at radius 3 is 2.60 bits per heavy atom. The molecule has 0 saturated carbocycles. The zero-order chi connectivity index (χ0) is 14.6. The number of rotatable bonds is 8. The van der Waals surface area contributed by atoms with E-state index in [0.29, 0.717) is 12.5 Å². The quantitative estimate of drug-likeness (QED) is 0.436. The molecule has 0 saturated heterocycles. The van der Waals surface area contributed by atoms with Gasteiger partial charge in [-0.05, 0) is 31.4 Å². The largest absolute Gasteiger partial charge is 0.494 e. The van der Waals surface area contributed by atoms with Gasteiger partial charge in [0.15, 0.2) is 5.96 Å². The van der Waals surface area contributed by atoms with Crippen LogP contribution in [0.5, 0.6) is 5.75 Å². The average Bonchev–Trinajstić information content (AvgIpc) is 2.45. The van der Waals surface area contributed by atoms with E-state index in [9.17, 15) is 0 Å². The summed E-state index contributed by atoms with van der Waals surface area (Å²) in [6.07, 6.45) is 0.945. The first-order chi connectivity index (χ1) is 9.72. The highest BCUT2D eigenvalue weighted by molar-refractivity contribution is 5.79. The van der Waals surface area contributed by atoms with E-state index in [1.54, 1.807) is 0 Å². The molecule has 1 aromatic rings.